The van der Waals surface area contributed by atoms with Gasteiger partial charge in [0.25, 0.3) is 7.82 Å². The predicted molar refractivity (Wildman–Crippen MR) is 277 cm³/mol. The third-order valence-corrected chi connectivity index (χ3v) is 11.3. The van der Waals surface area contributed by atoms with Crippen molar-refractivity contribution >= 4 is 19.8 Å². The molecule has 0 aromatic rings. The van der Waals surface area contributed by atoms with Crippen LogP contribution in [0, 0.1) is 0 Å². The lowest BCUT2D eigenvalue weighted by atomic mass is 10.1. The molecule has 0 saturated carbocycles. The number of unbranched alkanes of at least 4 members (excludes halogenated alkanes) is 13. The molecule has 0 aromatic heterocycles. The van der Waals surface area contributed by atoms with Gasteiger partial charge in [-0.1, -0.05) is 181 Å². The first-order valence-corrected chi connectivity index (χ1v) is 27.1. The van der Waals surface area contributed by atoms with Crippen LogP contribution in [0.4, 0.5) is 0 Å². The lowest BCUT2D eigenvalue weighted by Gasteiger charge is -2.28. The smallest absolute Gasteiger partial charge is 0.306 e. The molecule has 9 nitrogen and oxygen atoms in total. The lowest BCUT2D eigenvalue weighted by Crippen LogP contribution is -2.37. The molecule has 66 heavy (non-hydrogen) atoms. The van der Waals surface area contributed by atoms with Crippen LogP contribution >= 0.6 is 7.82 Å². The third-order valence-electron chi connectivity index (χ3n) is 10.3. The summed E-state index contributed by atoms with van der Waals surface area (Å²) in [5.74, 6) is -0.874. The number of quaternary nitrogens is 1. The Bertz CT molecular complexity index is 1480. The molecule has 0 N–H and O–H groups in total. The van der Waals surface area contributed by atoms with Crippen LogP contribution in [-0.4, -0.2) is 70.0 Å². The van der Waals surface area contributed by atoms with Gasteiger partial charge in [-0.15, -0.1) is 0 Å². The highest BCUT2D eigenvalue weighted by atomic mass is 31.2. The molecule has 0 spiro atoms. The van der Waals surface area contributed by atoms with Gasteiger partial charge in [-0.3, -0.25) is 14.2 Å². The van der Waals surface area contributed by atoms with Gasteiger partial charge in [-0.05, 0) is 96.3 Å². The quantitative estimate of drug-likeness (QED) is 0.0195. The van der Waals surface area contributed by atoms with E-state index in [1.54, 1.807) is 0 Å². The second-order valence-electron chi connectivity index (χ2n) is 17.8. The fraction of sp³-hybridized carbons (Fsp3) is 0.643. The summed E-state index contributed by atoms with van der Waals surface area (Å²) >= 11 is 0. The third kappa shape index (κ3) is 50.1. The SMILES string of the molecule is CC/C=C\C/C=C\C/C=C\C/C=C\C/C=C\CCCCCCCC(=O)OC(COC(=O)CCCCCCCCCC/C=C\C/C=C\C/C=C\C/C=C\CC)COP(=O)([O-])OCC[N+](C)(C)C. The molecule has 0 amide bonds. The Kier molecular flexibility index (Phi) is 44.4. The minimum atomic E-state index is -4.65. The van der Waals surface area contributed by atoms with Crippen LogP contribution in [-0.2, 0) is 32.7 Å². The summed E-state index contributed by atoms with van der Waals surface area (Å²) in [6.07, 6.45) is 64.0. The zero-order chi connectivity index (χ0) is 48.5. The van der Waals surface area contributed by atoms with Crippen molar-refractivity contribution < 1.29 is 42.1 Å². The van der Waals surface area contributed by atoms with E-state index in [1.165, 1.54) is 25.7 Å². The number of rotatable bonds is 45. The van der Waals surface area contributed by atoms with E-state index in [0.29, 0.717) is 23.9 Å². The van der Waals surface area contributed by atoms with Gasteiger partial charge in [0.1, 0.15) is 19.8 Å². The molecule has 0 heterocycles. The molecule has 0 bridgehead atoms. The van der Waals surface area contributed by atoms with Gasteiger partial charge in [0, 0.05) is 12.8 Å². The number of nitrogens with zero attached hydrogens (tertiary/aromatic N) is 1. The molecule has 376 valence electrons. The molecule has 0 aliphatic heterocycles. The molecular formula is C56H94NO8P. The van der Waals surface area contributed by atoms with Gasteiger partial charge in [0.05, 0.1) is 27.7 Å². The second-order valence-corrected chi connectivity index (χ2v) is 19.2. The number of carbonyl (C=O) groups is 2. The van der Waals surface area contributed by atoms with Crippen molar-refractivity contribution in [1.82, 2.24) is 0 Å². The largest absolute Gasteiger partial charge is 0.756 e. The van der Waals surface area contributed by atoms with Crippen molar-refractivity contribution in [2.75, 3.05) is 47.5 Å². The molecule has 0 saturated heterocycles. The van der Waals surface area contributed by atoms with Crippen molar-refractivity contribution in [3.63, 3.8) is 0 Å². The van der Waals surface area contributed by atoms with Crippen molar-refractivity contribution in [3.8, 4) is 0 Å². The fourth-order valence-electron chi connectivity index (χ4n) is 6.38. The van der Waals surface area contributed by atoms with E-state index in [9.17, 15) is 19.0 Å². The summed E-state index contributed by atoms with van der Waals surface area (Å²) in [7, 11) is 1.13. The van der Waals surface area contributed by atoms with E-state index in [4.69, 9.17) is 18.5 Å². The first kappa shape index (κ1) is 62.7. The topological polar surface area (TPSA) is 111 Å². The molecule has 0 aliphatic carbocycles. The minimum Gasteiger partial charge on any atom is -0.756 e. The molecule has 2 atom stereocenters. The summed E-state index contributed by atoms with van der Waals surface area (Å²) in [6.45, 7) is 3.96. The number of hydrogen-bond acceptors (Lipinski definition) is 8. The Labute approximate surface area is 404 Å². The number of phosphoric acid groups is 1. The molecule has 0 aliphatic rings. The number of likely N-dealkylation sites (N-methyl/N-ethyl adjacent to an activating group) is 1. The Morgan fingerprint density at radius 1 is 0.470 bits per heavy atom. The number of esters is 2. The van der Waals surface area contributed by atoms with Crippen LogP contribution in [0.5, 0.6) is 0 Å². The van der Waals surface area contributed by atoms with Gasteiger partial charge in [0.2, 0.25) is 0 Å². The first-order chi connectivity index (χ1) is 32.0. The predicted octanol–water partition coefficient (Wildman–Crippen LogP) is 14.8. The highest BCUT2D eigenvalue weighted by Gasteiger charge is 2.21. The first-order valence-electron chi connectivity index (χ1n) is 25.6. The van der Waals surface area contributed by atoms with Crippen molar-refractivity contribution in [3.05, 3.63) is 109 Å². The molecule has 2 unspecified atom stereocenters. The number of phosphoric ester groups is 1. The minimum absolute atomic E-state index is 0.0429. The van der Waals surface area contributed by atoms with E-state index in [2.05, 4.69) is 123 Å². The van der Waals surface area contributed by atoms with Crippen LogP contribution in [0.15, 0.2) is 109 Å². The molecular weight excluding hydrogens is 846 g/mol. The van der Waals surface area contributed by atoms with Crippen LogP contribution in [0.1, 0.15) is 181 Å². The van der Waals surface area contributed by atoms with Gasteiger partial charge in [-0.25, -0.2) is 0 Å². The van der Waals surface area contributed by atoms with Crippen LogP contribution in [0.2, 0.25) is 0 Å². The monoisotopic (exact) mass is 940 g/mol. The standard InChI is InChI=1S/C56H94NO8P/c1-6-8-10-12-14-16-18-20-22-24-26-28-30-32-34-36-38-40-42-44-46-48-55(58)62-52-54(53-64-66(60,61)63-51-50-57(3,4)5)65-56(59)49-47-45-43-41-39-37-35-33-31-29-27-25-23-21-19-17-15-13-11-9-7-2/h8-11,14-17,20-23,26-29,33,35,54H,6-7,12-13,18-19,24-25,30-32,34,36-53H2,1-5H3/b10-8-,11-9-,16-14-,17-15-,22-20-,23-21-,28-26-,29-27-,35-33-. The van der Waals surface area contributed by atoms with Gasteiger partial charge >= 0.3 is 11.9 Å². The van der Waals surface area contributed by atoms with E-state index in [-0.39, 0.29) is 26.1 Å². The van der Waals surface area contributed by atoms with Gasteiger partial charge < -0.3 is 27.9 Å². The number of allylic oxidation sites excluding steroid dienone is 18. The maximum Gasteiger partial charge on any atom is 0.306 e. The summed E-state index contributed by atoms with van der Waals surface area (Å²) in [5.41, 5.74) is 0. The fourth-order valence-corrected chi connectivity index (χ4v) is 7.11. The number of hydrogen-bond donors (Lipinski definition) is 0. The highest BCUT2D eigenvalue weighted by Crippen LogP contribution is 2.38. The Hall–Kier alpha value is -3.33. The molecule has 0 rings (SSSR count). The Balaban J connectivity index is 4.34. The number of carbonyl (C=O) groups excluding carboxylic acids is 2. The zero-order valence-electron chi connectivity index (χ0n) is 42.3. The zero-order valence-corrected chi connectivity index (χ0v) is 43.2. The molecule has 0 aromatic carbocycles. The second kappa shape index (κ2) is 46.8. The van der Waals surface area contributed by atoms with Gasteiger partial charge in [0.15, 0.2) is 6.10 Å². The Morgan fingerprint density at radius 3 is 1.21 bits per heavy atom. The summed E-state index contributed by atoms with van der Waals surface area (Å²) in [4.78, 5) is 37.8. The summed E-state index contributed by atoms with van der Waals surface area (Å²) < 4.78 is 34.0. The van der Waals surface area contributed by atoms with Gasteiger partial charge in [-0.2, -0.15) is 0 Å². The van der Waals surface area contributed by atoms with Crippen molar-refractivity contribution in [1.29, 1.82) is 0 Å². The molecule has 0 radical (unpaired) electrons. The van der Waals surface area contributed by atoms with E-state index < -0.39 is 32.5 Å². The van der Waals surface area contributed by atoms with E-state index in [1.807, 2.05) is 21.1 Å². The maximum absolute atomic E-state index is 12.7. The summed E-state index contributed by atoms with van der Waals surface area (Å²) in [6, 6.07) is 0. The molecule has 10 heteroatoms. The average Bonchev–Trinajstić information content (AvgIpc) is 3.27. The lowest BCUT2D eigenvalue weighted by molar-refractivity contribution is -0.870. The van der Waals surface area contributed by atoms with Crippen molar-refractivity contribution in [2.45, 2.75) is 187 Å². The number of ether oxygens (including phenoxy) is 2. The van der Waals surface area contributed by atoms with Crippen LogP contribution in [0.3, 0.4) is 0 Å². The highest BCUT2D eigenvalue weighted by molar-refractivity contribution is 7.45. The van der Waals surface area contributed by atoms with Crippen LogP contribution in [0.25, 0.3) is 0 Å². The van der Waals surface area contributed by atoms with E-state index in [0.717, 1.165) is 116 Å². The maximum atomic E-state index is 12.7. The normalized spacial score (nSPS) is 14.3. The molecule has 0 fully saturated rings. The van der Waals surface area contributed by atoms with Crippen molar-refractivity contribution in [2.24, 2.45) is 0 Å². The van der Waals surface area contributed by atoms with Crippen LogP contribution < -0.4 is 4.89 Å². The summed E-state index contributed by atoms with van der Waals surface area (Å²) in [5, 5.41) is 0. The average molecular weight is 940 g/mol. The van der Waals surface area contributed by atoms with E-state index >= 15 is 0 Å². The Morgan fingerprint density at radius 2 is 0.818 bits per heavy atom.